The summed E-state index contributed by atoms with van der Waals surface area (Å²) in [5, 5.41) is 6.40. The summed E-state index contributed by atoms with van der Waals surface area (Å²) in [6, 6.07) is 10.2. The predicted molar refractivity (Wildman–Crippen MR) is 116 cm³/mol. The Morgan fingerprint density at radius 2 is 2.10 bits per heavy atom. The summed E-state index contributed by atoms with van der Waals surface area (Å²) >= 11 is 1.62. The third-order valence-electron chi connectivity index (χ3n) is 5.09. The third-order valence-corrected chi connectivity index (χ3v) is 5.87. The van der Waals surface area contributed by atoms with Crippen LogP contribution in [0.1, 0.15) is 18.3 Å². The molecule has 1 aliphatic rings. The van der Waals surface area contributed by atoms with Gasteiger partial charge in [-0.25, -0.2) is 4.98 Å². The van der Waals surface area contributed by atoms with Gasteiger partial charge in [-0.3, -0.25) is 0 Å². The summed E-state index contributed by atoms with van der Waals surface area (Å²) in [4.78, 5) is 4.78. The molecule has 1 N–H and O–H groups in total. The van der Waals surface area contributed by atoms with E-state index >= 15 is 0 Å². The molecule has 29 heavy (non-hydrogen) atoms. The zero-order valence-corrected chi connectivity index (χ0v) is 18.1. The van der Waals surface area contributed by atoms with E-state index in [9.17, 15) is 0 Å². The molecule has 0 aliphatic carbocycles. The molecular formula is C22H27N3O3S. The highest BCUT2D eigenvalue weighted by molar-refractivity contribution is 7.14. The Balaban J connectivity index is 1.49. The maximum atomic E-state index is 6.15. The molecule has 3 heterocycles. The summed E-state index contributed by atoms with van der Waals surface area (Å²) < 4.78 is 19.5. The fourth-order valence-electron chi connectivity index (χ4n) is 3.66. The van der Waals surface area contributed by atoms with Gasteiger partial charge in [0.2, 0.25) is 0 Å². The lowest BCUT2D eigenvalue weighted by Gasteiger charge is -2.27. The van der Waals surface area contributed by atoms with Crippen molar-refractivity contribution < 1.29 is 14.2 Å². The molecule has 154 valence electrons. The number of hydrogen-bond acceptors (Lipinski definition) is 6. The van der Waals surface area contributed by atoms with Gasteiger partial charge in [-0.1, -0.05) is 12.1 Å². The second-order valence-corrected chi connectivity index (χ2v) is 8.29. The number of hydrogen-bond donors (Lipinski definition) is 1. The molecule has 0 bridgehead atoms. The van der Waals surface area contributed by atoms with E-state index in [1.54, 1.807) is 18.4 Å². The van der Waals surface area contributed by atoms with E-state index in [-0.39, 0.29) is 12.1 Å². The van der Waals surface area contributed by atoms with Crippen LogP contribution in [0.4, 0.5) is 5.13 Å². The number of ether oxygens (including phenoxy) is 3. The van der Waals surface area contributed by atoms with Crippen molar-refractivity contribution >= 4 is 16.5 Å². The summed E-state index contributed by atoms with van der Waals surface area (Å²) in [5.74, 6) is 1.63. The van der Waals surface area contributed by atoms with Crippen molar-refractivity contribution in [1.29, 1.82) is 0 Å². The van der Waals surface area contributed by atoms with Crippen molar-refractivity contribution in [2.24, 2.45) is 0 Å². The molecule has 0 saturated carbocycles. The lowest BCUT2D eigenvalue weighted by atomic mass is 10.2. The molecule has 0 spiro atoms. The quantitative estimate of drug-likeness (QED) is 0.617. The van der Waals surface area contributed by atoms with Gasteiger partial charge >= 0.3 is 0 Å². The lowest BCUT2D eigenvalue weighted by molar-refractivity contribution is 0.0778. The van der Waals surface area contributed by atoms with E-state index < -0.39 is 0 Å². The Hall–Kier alpha value is -2.51. The molecular weight excluding hydrogens is 386 g/mol. The van der Waals surface area contributed by atoms with Crippen molar-refractivity contribution in [2.45, 2.75) is 39.5 Å². The molecule has 1 aromatic carbocycles. The largest absolute Gasteiger partial charge is 0.486 e. The topological polar surface area (TPSA) is 57.5 Å². The Kier molecular flexibility index (Phi) is 5.78. The van der Waals surface area contributed by atoms with E-state index in [0.717, 1.165) is 34.4 Å². The maximum absolute atomic E-state index is 6.15. The van der Waals surface area contributed by atoms with Crippen LogP contribution < -0.4 is 14.8 Å². The van der Waals surface area contributed by atoms with Gasteiger partial charge in [0, 0.05) is 35.5 Å². The Morgan fingerprint density at radius 1 is 1.31 bits per heavy atom. The number of nitrogens with one attached hydrogen (secondary N) is 1. The standard InChI is InChI=1S/C22H27N3O3S/c1-14(11-26-4)23-22-24-19(13-29-22)18-9-15(2)25(16(18)3)10-17-12-27-20-7-5-6-8-21(20)28-17/h5-9,13-14,17H,10-12H2,1-4H3,(H,23,24)/t14-,17-/m1/s1. The highest BCUT2D eigenvalue weighted by Crippen LogP contribution is 2.33. The molecule has 0 radical (unpaired) electrons. The summed E-state index contributed by atoms with van der Waals surface area (Å²) in [6.45, 7) is 8.29. The summed E-state index contributed by atoms with van der Waals surface area (Å²) in [7, 11) is 1.71. The first-order valence-electron chi connectivity index (χ1n) is 9.81. The van der Waals surface area contributed by atoms with E-state index in [4.69, 9.17) is 19.2 Å². The summed E-state index contributed by atoms with van der Waals surface area (Å²) in [6.07, 6.45) is -0.0231. The monoisotopic (exact) mass is 413 g/mol. The van der Waals surface area contributed by atoms with Crippen LogP contribution in [0.25, 0.3) is 11.3 Å². The molecule has 0 saturated heterocycles. The smallest absolute Gasteiger partial charge is 0.183 e. The van der Waals surface area contributed by atoms with Crippen molar-refractivity contribution in [3.63, 3.8) is 0 Å². The van der Waals surface area contributed by atoms with Gasteiger partial charge in [-0.2, -0.15) is 0 Å². The number of rotatable bonds is 7. The minimum absolute atomic E-state index is 0.0231. The van der Waals surface area contributed by atoms with Crippen LogP contribution in [-0.2, 0) is 11.3 Å². The van der Waals surface area contributed by atoms with Crippen molar-refractivity contribution in [3.05, 3.63) is 47.1 Å². The zero-order chi connectivity index (χ0) is 20.4. The SMILES string of the molecule is COC[C@@H](C)Nc1nc(-c2cc(C)n(C[C@@H]3COc4ccccc4O3)c2C)cs1. The number of thiazole rings is 1. The molecule has 7 heteroatoms. The van der Waals surface area contributed by atoms with E-state index in [2.05, 4.69) is 42.1 Å². The van der Waals surface area contributed by atoms with Gasteiger partial charge in [0.1, 0.15) is 6.61 Å². The van der Waals surface area contributed by atoms with Crippen molar-refractivity contribution in [3.8, 4) is 22.8 Å². The molecule has 0 amide bonds. The van der Waals surface area contributed by atoms with Gasteiger partial charge in [-0.05, 0) is 39.0 Å². The van der Waals surface area contributed by atoms with Crippen LogP contribution in [0.3, 0.4) is 0 Å². The second-order valence-electron chi connectivity index (χ2n) is 7.43. The fraction of sp³-hybridized carbons (Fsp3) is 0.409. The molecule has 6 nitrogen and oxygen atoms in total. The minimum atomic E-state index is -0.0231. The number of para-hydroxylation sites is 2. The number of nitrogens with zero attached hydrogens (tertiary/aromatic N) is 2. The summed E-state index contributed by atoms with van der Waals surface area (Å²) in [5.41, 5.74) is 4.53. The lowest BCUT2D eigenvalue weighted by Crippen LogP contribution is -2.33. The van der Waals surface area contributed by atoms with Crippen LogP contribution in [0, 0.1) is 13.8 Å². The van der Waals surface area contributed by atoms with Crippen molar-refractivity contribution in [2.75, 3.05) is 25.6 Å². The first-order chi connectivity index (χ1) is 14.0. The van der Waals surface area contributed by atoms with Gasteiger partial charge in [0.15, 0.2) is 22.7 Å². The Morgan fingerprint density at radius 3 is 2.90 bits per heavy atom. The van der Waals surface area contributed by atoms with E-state index in [1.807, 2.05) is 24.3 Å². The highest BCUT2D eigenvalue weighted by Gasteiger charge is 2.23. The molecule has 0 unspecified atom stereocenters. The van der Waals surface area contributed by atoms with Gasteiger partial charge in [-0.15, -0.1) is 11.3 Å². The van der Waals surface area contributed by atoms with E-state index in [1.165, 1.54) is 11.4 Å². The normalized spacial score (nSPS) is 16.6. The van der Waals surface area contributed by atoms with Crippen LogP contribution in [-0.4, -0.2) is 42.0 Å². The van der Waals surface area contributed by atoms with Crippen LogP contribution in [0.2, 0.25) is 0 Å². The second kappa shape index (κ2) is 8.47. The first kappa shape index (κ1) is 19.8. The minimum Gasteiger partial charge on any atom is -0.486 e. The molecule has 2 atom stereocenters. The Bertz CT molecular complexity index is 982. The Labute approximate surface area is 175 Å². The van der Waals surface area contributed by atoms with Crippen LogP contribution in [0.15, 0.2) is 35.7 Å². The molecule has 0 fully saturated rings. The molecule has 4 rings (SSSR count). The number of methoxy groups -OCH3 is 1. The maximum Gasteiger partial charge on any atom is 0.183 e. The third kappa shape index (κ3) is 4.26. The number of aromatic nitrogens is 2. The highest BCUT2D eigenvalue weighted by atomic mass is 32.1. The average Bonchev–Trinajstić information content (AvgIpc) is 3.27. The van der Waals surface area contributed by atoms with Gasteiger partial charge < -0.3 is 24.1 Å². The molecule has 1 aliphatic heterocycles. The number of fused-ring (bicyclic) bond motifs is 1. The fourth-order valence-corrected chi connectivity index (χ4v) is 4.49. The van der Waals surface area contributed by atoms with Gasteiger partial charge in [0.25, 0.3) is 0 Å². The number of anilines is 1. The predicted octanol–water partition coefficient (Wildman–Crippen LogP) is 4.52. The average molecular weight is 414 g/mol. The zero-order valence-electron chi connectivity index (χ0n) is 17.3. The number of benzene rings is 1. The van der Waals surface area contributed by atoms with Crippen molar-refractivity contribution in [1.82, 2.24) is 9.55 Å². The van der Waals surface area contributed by atoms with Gasteiger partial charge in [0.05, 0.1) is 18.8 Å². The van der Waals surface area contributed by atoms with Crippen LogP contribution in [0.5, 0.6) is 11.5 Å². The van der Waals surface area contributed by atoms with E-state index in [0.29, 0.717) is 13.2 Å². The molecule has 2 aromatic heterocycles. The van der Waals surface area contributed by atoms with Crippen LogP contribution >= 0.6 is 11.3 Å². The number of aryl methyl sites for hydroxylation is 1. The molecule has 3 aromatic rings. The first-order valence-corrected chi connectivity index (χ1v) is 10.7.